The van der Waals surface area contributed by atoms with Crippen LogP contribution in [-0.4, -0.2) is 12.6 Å². The second-order valence-electron chi connectivity index (χ2n) is 4.82. The van der Waals surface area contributed by atoms with Crippen LogP contribution in [0.4, 0.5) is 0 Å². The van der Waals surface area contributed by atoms with Crippen molar-refractivity contribution >= 4 is 0 Å². The minimum Gasteiger partial charge on any atom is -0.312 e. The van der Waals surface area contributed by atoms with Crippen LogP contribution in [0.5, 0.6) is 0 Å². The summed E-state index contributed by atoms with van der Waals surface area (Å²) in [5.41, 5.74) is 1.48. The molecule has 2 unspecified atom stereocenters. The fraction of sp³-hybridized carbons (Fsp3) is 0.500. The summed E-state index contributed by atoms with van der Waals surface area (Å²) in [7, 11) is 0. The van der Waals surface area contributed by atoms with E-state index in [1.807, 2.05) is 0 Å². The van der Waals surface area contributed by atoms with Gasteiger partial charge in [-0.05, 0) is 24.3 Å². The van der Waals surface area contributed by atoms with Crippen LogP contribution in [-0.2, 0) is 0 Å². The van der Waals surface area contributed by atoms with Crippen LogP contribution >= 0.6 is 0 Å². The Hall–Kier alpha value is -1.26. The number of rotatable bonds is 4. The highest BCUT2D eigenvalue weighted by molar-refractivity contribution is 5.22. The van der Waals surface area contributed by atoms with Gasteiger partial charge < -0.3 is 5.32 Å². The summed E-state index contributed by atoms with van der Waals surface area (Å²) in [4.78, 5) is 0. The molecule has 1 heteroatoms. The first-order chi connectivity index (χ1) is 8.42. The average Bonchev–Trinajstić information content (AvgIpc) is 2.41. The van der Waals surface area contributed by atoms with Crippen LogP contribution in [0, 0.1) is 12.3 Å². The fourth-order valence-electron chi connectivity index (χ4n) is 2.80. The van der Waals surface area contributed by atoms with Crippen molar-refractivity contribution in [2.75, 3.05) is 6.54 Å². The largest absolute Gasteiger partial charge is 0.312 e. The van der Waals surface area contributed by atoms with Crippen molar-refractivity contribution in [3.05, 3.63) is 35.9 Å². The fourth-order valence-corrected chi connectivity index (χ4v) is 2.80. The molecule has 1 saturated carbocycles. The van der Waals surface area contributed by atoms with Crippen LogP contribution in [0.1, 0.15) is 43.6 Å². The molecule has 1 N–H and O–H groups in total. The zero-order chi connectivity index (χ0) is 11.9. The van der Waals surface area contributed by atoms with Crippen molar-refractivity contribution in [1.82, 2.24) is 5.32 Å². The van der Waals surface area contributed by atoms with E-state index in [9.17, 15) is 0 Å². The van der Waals surface area contributed by atoms with Gasteiger partial charge in [0.25, 0.3) is 0 Å². The SMILES string of the molecule is C#CCCNC1CCCCC1c1ccccc1. The maximum atomic E-state index is 5.30. The minimum absolute atomic E-state index is 0.611. The first-order valence-corrected chi connectivity index (χ1v) is 6.63. The van der Waals surface area contributed by atoms with Crippen LogP contribution in [0.2, 0.25) is 0 Å². The Labute approximate surface area is 105 Å². The molecular formula is C16H21N. The van der Waals surface area contributed by atoms with Gasteiger partial charge in [-0.25, -0.2) is 0 Å². The van der Waals surface area contributed by atoms with Crippen molar-refractivity contribution in [1.29, 1.82) is 0 Å². The summed E-state index contributed by atoms with van der Waals surface area (Å²) in [5.74, 6) is 3.37. The van der Waals surface area contributed by atoms with Gasteiger partial charge in [0.1, 0.15) is 0 Å². The lowest BCUT2D eigenvalue weighted by Gasteiger charge is -2.32. The molecule has 0 amide bonds. The van der Waals surface area contributed by atoms with Crippen LogP contribution in [0.15, 0.2) is 30.3 Å². The maximum Gasteiger partial charge on any atom is 0.0212 e. The van der Waals surface area contributed by atoms with E-state index >= 15 is 0 Å². The third kappa shape index (κ3) is 3.35. The van der Waals surface area contributed by atoms with E-state index in [2.05, 4.69) is 41.6 Å². The van der Waals surface area contributed by atoms with E-state index < -0.39 is 0 Å². The molecule has 0 radical (unpaired) electrons. The number of hydrogen-bond acceptors (Lipinski definition) is 1. The number of nitrogens with one attached hydrogen (secondary N) is 1. The molecule has 0 heterocycles. The third-order valence-electron chi connectivity index (χ3n) is 3.67. The molecule has 1 aliphatic rings. The zero-order valence-corrected chi connectivity index (χ0v) is 10.4. The van der Waals surface area contributed by atoms with Crippen molar-refractivity contribution < 1.29 is 0 Å². The Balaban J connectivity index is 2.00. The molecule has 90 valence electrons. The van der Waals surface area contributed by atoms with E-state index in [4.69, 9.17) is 6.42 Å². The molecule has 17 heavy (non-hydrogen) atoms. The predicted octanol–water partition coefficient (Wildman–Crippen LogP) is 3.33. The van der Waals surface area contributed by atoms with Crippen molar-refractivity contribution in [3.8, 4) is 12.3 Å². The summed E-state index contributed by atoms with van der Waals surface area (Å²) in [6, 6.07) is 11.5. The highest BCUT2D eigenvalue weighted by atomic mass is 14.9. The molecule has 0 spiro atoms. The molecule has 1 fully saturated rings. The van der Waals surface area contributed by atoms with Crippen LogP contribution in [0.3, 0.4) is 0 Å². The van der Waals surface area contributed by atoms with E-state index in [1.54, 1.807) is 0 Å². The number of terminal acetylenes is 1. The Morgan fingerprint density at radius 2 is 1.94 bits per heavy atom. The Morgan fingerprint density at radius 3 is 2.71 bits per heavy atom. The Bertz CT molecular complexity index is 363. The quantitative estimate of drug-likeness (QED) is 0.614. The highest BCUT2D eigenvalue weighted by Gasteiger charge is 2.25. The Morgan fingerprint density at radius 1 is 1.18 bits per heavy atom. The van der Waals surface area contributed by atoms with Crippen LogP contribution < -0.4 is 5.32 Å². The van der Waals surface area contributed by atoms with Gasteiger partial charge in [0.2, 0.25) is 0 Å². The lowest BCUT2D eigenvalue weighted by Crippen LogP contribution is -2.37. The second kappa shape index (κ2) is 6.47. The smallest absolute Gasteiger partial charge is 0.0212 e. The topological polar surface area (TPSA) is 12.0 Å². The van der Waals surface area contributed by atoms with Crippen molar-refractivity contribution in [2.45, 2.75) is 44.1 Å². The Kier molecular flexibility index (Phi) is 4.64. The number of hydrogen-bond donors (Lipinski definition) is 1. The van der Waals surface area contributed by atoms with Crippen LogP contribution in [0.25, 0.3) is 0 Å². The molecule has 1 aromatic rings. The van der Waals surface area contributed by atoms with Crippen molar-refractivity contribution in [3.63, 3.8) is 0 Å². The van der Waals surface area contributed by atoms with Gasteiger partial charge in [0.05, 0.1) is 0 Å². The standard InChI is InChI=1S/C16H21N/c1-2-3-13-17-16-12-8-7-11-15(16)14-9-5-4-6-10-14/h1,4-6,9-10,15-17H,3,7-8,11-13H2. The molecule has 1 aromatic carbocycles. The second-order valence-corrected chi connectivity index (χ2v) is 4.82. The summed E-state index contributed by atoms with van der Waals surface area (Å²) in [6.07, 6.45) is 11.4. The van der Waals surface area contributed by atoms with Gasteiger partial charge >= 0.3 is 0 Å². The monoisotopic (exact) mass is 227 g/mol. The predicted molar refractivity (Wildman–Crippen MR) is 72.9 cm³/mol. The van der Waals surface area contributed by atoms with E-state index in [-0.39, 0.29) is 0 Å². The van der Waals surface area contributed by atoms with Gasteiger partial charge in [0, 0.05) is 19.0 Å². The molecule has 0 saturated heterocycles. The van der Waals surface area contributed by atoms with E-state index in [0.29, 0.717) is 12.0 Å². The van der Waals surface area contributed by atoms with E-state index in [0.717, 1.165) is 13.0 Å². The highest BCUT2D eigenvalue weighted by Crippen LogP contribution is 2.32. The molecule has 0 aromatic heterocycles. The molecular weight excluding hydrogens is 206 g/mol. The summed E-state index contributed by atoms with van der Waals surface area (Å²) in [6.45, 7) is 0.949. The summed E-state index contributed by atoms with van der Waals surface area (Å²) in [5, 5.41) is 3.63. The van der Waals surface area contributed by atoms with Crippen molar-refractivity contribution in [2.24, 2.45) is 0 Å². The third-order valence-corrected chi connectivity index (χ3v) is 3.67. The molecule has 2 rings (SSSR count). The summed E-state index contributed by atoms with van der Waals surface area (Å²) < 4.78 is 0. The minimum atomic E-state index is 0.611. The first kappa shape index (κ1) is 12.2. The van der Waals surface area contributed by atoms with Gasteiger partial charge in [0.15, 0.2) is 0 Å². The maximum absolute atomic E-state index is 5.30. The van der Waals surface area contributed by atoms with Gasteiger partial charge in [-0.3, -0.25) is 0 Å². The molecule has 1 nitrogen and oxygen atoms in total. The lowest BCUT2D eigenvalue weighted by atomic mass is 9.80. The normalized spacial score (nSPS) is 24.2. The zero-order valence-electron chi connectivity index (χ0n) is 10.4. The van der Waals surface area contributed by atoms with Gasteiger partial charge in [-0.2, -0.15) is 0 Å². The number of benzene rings is 1. The average molecular weight is 227 g/mol. The van der Waals surface area contributed by atoms with Gasteiger partial charge in [-0.1, -0.05) is 43.2 Å². The first-order valence-electron chi connectivity index (χ1n) is 6.63. The summed E-state index contributed by atoms with van der Waals surface area (Å²) >= 11 is 0. The molecule has 0 bridgehead atoms. The molecule has 0 aliphatic heterocycles. The van der Waals surface area contributed by atoms with Gasteiger partial charge in [-0.15, -0.1) is 12.3 Å². The molecule has 1 aliphatic carbocycles. The molecule has 2 atom stereocenters. The van der Waals surface area contributed by atoms with E-state index in [1.165, 1.54) is 31.2 Å². The lowest BCUT2D eigenvalue weighted by molar-refractivity contribution is 0.330.